The summed E-state index contributed by atoms with van der Waals surface area (Å²) in [5, 5.41) is 10.0. The van der Waals surface area contributed by atoms with E-state index in [1.54, 1.807) is 11.3 Å². The van der Waals surface area contributed by atoms with Gasteiger partial charge in [-0.25, -0.2) is 0 Å². The fraction of sp³-hybridized carbons (Fsp3) is 0.429. The minimum Gasteiger partial charge on any atom is -0.368 e. The molecule has 3 unspecified atom stereocenters. The van der Waals surface area contributed by atoms with E-state index in [0.29, 0.717) is 6.10 Å². The van der Waals surface area contributed by atoms with Crippen LogP contribution in [0.3, 0.4) is 0 Å². The molecule has 1 aliphatic rings. The van der Waals surface area contributed by atoms with Gasteiger partial charge in [-0.15, -0.1) is 21.8 Å². The Morgan fingerprint density at radius 3 is 2.74 bits per heavy atom. The van der Waals surface area contributed by atoms with Crippen LogP contribution in [0.5, 0.6) is 0 Å². The lowest BCUT2D eigenvalue weighted by Crippen LogP contribution is -2.00. The van der Waals surface area contributed by atoms with E-state index in [4.69, 9.17) is 16.3 Å². The second-order valence-corrected chi connectivity index (χ2v) is 6.24. The van der Waals surface area contributed by atoms with Crippen molar-refractivity contribution in [2.45, 2.75) is 37.4 Å². The highest BCUT2D eigenvalue weighted by molar-refractivity contribution is 7.11. The molecule has 0 N–H and O–H groups in total. The fourth-order valence-electron chi connectivity index (χ4n) is 2.23. The lowest BCUT2D eigenvalue weighted by molar-refractivity contribution is 0.0550. The van der Waals surface area contributed by atoms with E-state index in [-0.39, 0.29) is 11.5 Å². The molecular formula is C14H15ClN2OS. The van der Waals surface area contributed by atoms with Gasteiger partial charge in [-0.3, -0.25) is 0 Å². The molecule has 1 aliphatic heterocycles. The van der Waals surface area contributed by atoms with Crippen molar-refractivity contribution in [3.63, 3.8) is 0 Å². The Kier molecular flexibility index (Phi) is 3.82. The van der Waals surface area contributed by atoms with Crippen molar-refractivity contribution in [2.75, 3.05) is 0 Å². The smallest absolute Gasteiger partial charge is 0.146 e. The lowest BCUT2D eigenvalue weighted by Gasteiger charge is -2.06. The maximum Gasteiger partial charge on any atom is 0.146 e. The summed E-state index contributed by atoms with van der Waals surface area (Å²) in [6.45, 7) is 2.09. The van der Waals surface area contributed by atoms with Crippen molar-refractivity contribution in [3.05, 3.63) is 45.9 Å². The molecule has 19 heavy (non-hydrogen) atoms. The van der Waals surface area contributed by atoms with Crippen LogP contribution in [-0.4, -0.2) is 16.3 Å². The number of rotatable bonds is 3. The van der Waals surface area contributed by atoms with Gasteiger partial charge in [0.25, 0.3) is 0 Å². The van der Waals surface area contributed by atoms with Gasteiger partial charge in [0, 0.05) is 0 Å². The van der Waals surface area contributed by atoms with Gasteiger partial charge in [-0.1, -0.05) is 41.7 Å². The third-order valence-electron chi connectivity index (χ3n) is 3.27. The Bertz CT molecular complexity index is 545. The molecule has 2 aromatic rings. The Morgan fingerprint density at radius 1 is 1.26 bits per heavy atom. The van der Waals surface area contributed by atoms with Crippen molar-refractivity contribution >= 4 is 22.9 Å². The van der Waals surface area contributed by atoms with E-state index in [0.717, 1.165) is 28.4 Å². The highest BCUT2D eigenvalue weighted by Gasteiger charge is 2.27. The summed E-state index contributed by atoms with van der Waals surface area (Å²) in [5.74, 6) is 0. The molecule has 5 heteroatoms. The number of halogens is 1. The fourth-order valence-corrected chi connectivity index (χ4v) is 3.47. The van der Waals surface area contributed by atoms with Gasteiger partial charge < -0.3 is 4.74 Å². The second-order valence-electron chi connectivity index (χ2n) is 4.76. The summed E-state index contributed by atoms with van der Waals surface area (Å²) in [6, 6.07) is 9.95. The Morgan fingerprint density at radius 2 is 2.05 bits per heavy atom. The zero-order valence-electron chi connectivity index (χ0n) is 10.6. The van der Waals surface area contributed by atoms with E-state index in [2.05, 4.69) is 17.1 Å². The van der Waals surface area contributed by atoms with Crippen LogP contribution in [0, 0.1) is 0 Å². The quantitative estimate of drug-likeness (QED) is 0.799. The standard InChI is InChI=1S/C14H15ClN2OS/c1-9-7-8-11(18-9)13-16-17-14(19-13)12(15)10-5-3-2-4-6-10/h2-6,9,11-12H,7-8H2,1H3. The molecule has 0 spiro atoms. The summed E-state index contributed by atoms with van der Waals surface area (Å²) in [6.07, 6.45) is 2.52. The SMILES string of the molecule is CC1CCC(c2nnc(C(Cl)c3ccccc3)s2)O1. The maximum absolute atomic E-state index is 6.45. The molecule has 3 atom stereocenters. The molecule has 100 valence electrons. The topological polar surface area (TPSA) is 35.0 Å². The van der Waals surface area contributed by atoms with Crippen molar-refractivity contribution < 1.29 is 4.74 Å². The van der Waals surface area contributed by atoms with Crippen molar-refractivity contribution in [3.8, 4) is 0 Å². The lowest BCUT2D eigenvalue weighted by atomic mass is 10.1. The summed E-state index contributed by atoms with van der Waals surface area (Å²) < 4.78 is 5.81. The van der Waals surface area contributed by atoms with Gasteiger partial charge in [0.2, 0.25) is 0 Å². The number of nitrogens with zero attached hydrogens (tertiary/aromatic N) is 2. The van der Waals surface area contributed by atoms with E-state index in [1.165, 1.54) is 0 Å². The summed E-state index contributed by atoms with van der Waals surface area (Å²) >= 11 is 8.00. The van der Waals surface area contributed by atoms with E-state index < -0.39 is 0 Å². The number of hydrogen-bond acceptors (Lipinski definition) is 4. The molecule has 1 fully saturated rings. The number of aromatic nitrogens is 2. The van der Waals surface area contributed by atoms with Crippen LogP contribution >= 0.6 is 22.9 Å². The monoisotopic (exact) mass is 294 g/mol. The van der Waals surface area contributed by atoms with Crippen LogP contribution in [-0.2, 0) is 4.74 Å². The number of hydrogen-bond donors (Lipinski definition) is 0. The molecule has 0 radical (unpaired) electrons. The van der Waals surface area contributed by atoms with Gasteiger partial charge >= 0.3 is 0 Å². The number of alkyl halides is 1. The highest BCUT2D eigenvalue weighted by atomic mass is 35.5. The first kappa shape index (κ1) is 13.0. The van der Waals surface area contributed by atoms with Gasteiger partial charge in [-0.05, 0) is 25.3 Å². The minimum absolute atomic E-state index is 0.0980. The molecule has 0 aliphatic carbocycles. The molecule has 1 aromatic carbocycles. The van der Waals surface area contributed by atoms with Crippen molar-refractivity contribution in [1.82, 2.24) is 10.2 Å². The molecule has 0 bridgehead atoms. The van der Waals surface area contributed by atoms with Gasteiger partial charge in [0.05, 0.1) is 6.10 Å². The average Bonchev–Trinajstić information content (AvgIpc) is 3.07. The van der Waals surface area contributed by atoms with E-state index in [9.17, 15) is 0 Å². The first-order valence-electron chi connectivity index (χ1n) is 6.42. The molecule has 3 nitrogen and oxygen atoms in total. The van der Waals surface area contributed by atoms with Crippen LogP contribution < -0.4 is 0 Å². The molecule has 2 heterocycles. The normalized spacial score (nSPS) is 24.5. The van der Waals surface area contributed by atoms with Crippen LogP contribution in [0.1, 0.15) is 46.8 Å². The van der Waals surface area contributed by atoms with Gasteiger partial charge in [0.1, 0.15) is 21.5 Å². The third kappa shape index (κ3) is 2.81. The van der Waals surface area contributed by atoms with Crippen LogP contribution in [0.15, 0.2) is 30.3 Å². The predicted octanol–water partition coefficient (Wildman–Crippen LogP) is 4.11. The summed E-state index contributed by atoms with van der Waals surface area (Å²) in [4.78, 5) is 0. The largest absolute Gasteiger partial charge is 0.368 e. The number of ether oxygens (including phenoxy) is 1. The molecular weight excluding hydrogens is 280 g/mol. The molecule has 0 amide bonds. The summed E-state index contributed by atoms with van der Waals surface area (Å²) in [5.41, 5.74) is 1.05. The van der Waals surface area contributed by atoms with Crippen LogP contribution in [0.4, 0.5) is 0 Å². The Hall–Kier alpha value is -0.970. The highest BCUT2D eigenvalue weighted by Crippen LogP contribution is 2.37. The average molecular weight is 295 g/mol. The first-order valence-corrected chi connectivity index (χ1v) is 7.67. The minimum atomic E-state index is -0.230. The zero-order valence-corrected chi connectivity index (χ0v) is 12.2. The predicted molar refractivity (Wildman–Crippen MR) is 76.6 cm³/mol. The molecule has 1 saturated heterocycles. The Balaban J connectivity index is 1.78. The Labute approximate surface area is 121 Å². The number of benzene rings is 1. The summed E-state index contributed by atoms with van der Waals surface area (Å²) in [7, 11) is 0. The van der Waals surface area contributed by atoms with Crippen LogP contribution in [0.2, 0.25) is 0 Å². The van der Waals surface area contributed by atoms with Crippen molar-refractivity contribution in [2.24, 2.45) is 0 Å². The van der Waals surface area contributed by atoms with Gasteiger partial charge in [-0.2, -0.15) is 0 Å². The third-order valence-corrected chi connectivity index (χ3v) is 4.94. The molecule has 0 saturated carbocycles. The zero-order chi connectivity index (χ0) is 13.2. The maximum atomic E-state index is 6.45. The van der Waals surface area contributed by atoms with E-state index >= 15 is 0 Å². The molecule has 1 aromatic heterocycles. The molecule has 3 rings (SSSR count). The van der Waals surface area contributed by atoms with Crippen molar-refractivity contribution in [1.29, 1.82) is 0 Å². The van der Waals surface area contributed by atoms with Gasteiger partial charge in [0.15, 0.2) is 0 Å². The second kappa shape index (κ2) is 5.57. The van der Waals surface area contributed by atoms with Crippen LogP contribution in [0.25, 0.3) is 0 Å². The van der Waals surface area contributed by atoms with E-state index in [1.807, 2.05) is 30.3 Å². The first-order chi connectivity index (χ1) is 9.24.